The summed E-state index contributed by atoms with van der Waals surface area (Å²) in [5.41, 5.74) is 0.165. The molecule has 0 radical (unpaired) electrons. The van der Waals surface area contributed by atoms with Crippen LogP contribution in [0.3, 0.4) is 0 Å². The van der Waals surface area contributed by atoms with Crippen molar-refractivity contribution < 1.29 is 0 Å². The normalized spacial score (nSPS) is 13.5. The van der Waals surface area contributed by atoms with Gasteiger partial charge in [-0.2, -0.15) is 0 Å². The minimum absolute atomic E-state index is 0.165. The third kappa shape index (κ3) is 2.57. The predicted molar refractivity (Wildman–Crippen MR) is 67.6 cm³/mol. The van der Waals surface area contributed by atoms with Crippen molar-refractivity contribution >= 4 is 10.2 Å². The van der Waals surface area contributed by atoms with Crippen LogP contribution in [0.15, 0.2) is 0 Å². The molecule has 0 atom stereocenters. The fraction of sp³-hybridized carbons (Fsp3) is 1.00. The maximum Gasteiger partial charge on any atom is 0.104 e. The lowest BCUT2D eigenvalue weighted by Crippen LogP contribution is -2.67. The monoisotopic (exact) mass is 217 g/mol. The second-order valence-electron chi connectivity index (χ2n) is 4.01. The maximum absolute atomic E-state index is 2.44. The van der Waals surface area contributed by atoms with Crippen LogP contribution in [-0.2, 0) is 0 Å². The van der Waals surface area contributed by atoms with Crippen molar-refractivity contribution in [2.24, 2.45) is 0 Å². The quantitative estimate of drug-likeness (QED) is 0.451. The molecule has 0 saturated carbocycles. The van der Waals surface area contributed by atoms with Gasteiger partial charge in [0.05, 0.1) is 10.2 Å². The van der Waals surface area contributed by atoms with Gasteiger partial charge in [0.2, 0.25) is 0 Å². The van der Waals surface area contributed by atoms with Crippen molar-refractivity contribution in [1.82, 2.24) is 14.7 Å². The van der Waals surface area contributed by atoms with E-state index in [9.17, 15) is 0 Å². The summed E-state index contributed by atoms with van der Waals surface area (Å²) in [5.74, 6) is 0. The zero-order chi connectivity index (χ0) is 11.4. The fourth-order valence-electron chi connectivity index (χ4n) is 1.77. The van der Waals surface area contributed by atoms with Crippen LogP contribution < -0.4 is 0 Å². The van der Waals surface area contributed by atoms with Crippen LogP contribution in [0.4, 0.5) is 0 Å². The van der Waals surface area contributed by atoms with Gasteiger partial charge in [0.1, 0.15) is 5.41 Å². The minimum Gasteiger partial charge on any atom is -0.280 e. The first-order valence-electron chi connectivity index (χ1n) is 5.58. The lowest BCUT2D eigenvalue weighted by molar-refractivity contribution is -0.0670. The highest BCUT2D eigenvalue weighted by Crippen LogP contribution is 2.17. The molecule has 0 fully saturated rings. The van der Waals surface area contributed by atoms with E-state index in [2.05, 4.69) is 56.6 Å². The van der Waals surface area contributed by atoms with E-state index in [4.69, 9.17) is 0 Å². The molecule has 3 nitrogen and oxygen atoms in total. The molecule has 0 heterocycles. The lowest BCUT2D eigenvalue weighted by atomic mass is 10.4. The Bertz CT molecular complexity index is 137. The molecule has 14 heavy (non-hydrogen) atoms. The zero-order valence-corrected chi connectivity index (χ0v) is 13.0. The van der Waals surface area contributed by atoms with E-state index in [1.807, 2.05) is 0 Å². The second-order valence-corrected chi connectivity index (χ2v) is 5.35. The Kier molecular flexibility index (Phi) is 5.89. The summed E-state index contributed by atoms with van der Waals surface area (Å²) < 4.78 is 0. The van der Waals surface area contributed by atoms with Gasteiger partial charge in [0.15, 0.2) is 0 Å². The Morgan fingerprint density at radius 2 is 1.00 bits per heavy atom. The van der Waals surface area contributed by atoms with Crippen LogP contribution in [0.5, 0.6) is 0 Å². The van der Waals surface area contributed by atoms with Gasteiger partial charge in [-0.3, -0.25) is 14.7 Å². The summed E-state index contributed by atoms with van der Waals surface area (Å²) in [6.45, 7) is 9.95. The molecule has 0 unspecified atom stereocenters. The molecule has 86 valence electrons. The summed E-state index contributed by atoms with van der Waals surface area (Å²) in [7, 11) is 7.77. The van der Waals surface area contributed by atoms with E-state index < -0.39 is 0 Å². The molecule has 0 spiro atoms. The van der Waals surface area contributed by atoms with Crippen molar-refractivity contribution in [2.75, 3.05) is 40.8 Å². The Balaban J connectivity index is 4.83. The van der Waals surface area contributed by atoms with Crippen molar-refractivity contribution in [1.29, 1.82) is 0 Å². The largest absolute Gasteiger partial charge is 0.280 e. The molecule has 0 aromatic carbocycles. The van der Waals surface area contributed by atoms with Crippen LogP contribution in [0, 0.1) is 0 Å². The molecule has 4 heteroatoms. The smallest absolute Gasteiger partial charge is 0.104 e. The van der Waals surface area contributed by atoms with Gasteiger partial charge in [-0.15, -0.1) is 0 Å². The van der Waals surface area contributed by atoms with Gasteiger partial charge in [0, 0.05) is 0 Å². The highest BCUT2D eigenvalue weighted by Gasteiger charge is 2.34. The SMILES string of the molecule is CCN(C)C([SiH3])(N(C)CC)N(C)CC. The van der Waals surface area contributed by atoms with E-state index in [1.165, 1.54) is 0 Å². The van der Waals surface area contributed by atoms with Crippen LogP contribution >= 0.6 is 0 Å². The number of hydrogen-bond donors (Lipinski definition) is 0. The topological polar surface area (TPSA) is 9.72 Å². The lowest BCUT2D eigenvalue weighted by Gasteiger charge is -2.51. The first-order valence-corrected chi connectivity index (χ1v) is 6.58. The first-order chi connectivity index (χ1) is 6.44. The zero-order valence-electron chi connectivity index (χ0n) is 11.0. The molecule has 0 rings (SSSR count). The number of hydrogen-bond acceptors (Lipinski definition) is 3. The molecule has 0 amide bonds. The highest BCUT2D eigenvalue weighted by molar-refractivity contribution is 6.14. The number of rotatable bonds is 6. The van der Waals surface area contributed by atoms with Gasteiger partial charge in [-0.1, -0.05) is 20.8 Å². The molecular weight excluding hydrogens is 190 g/mol. The standard InChI is InChI=1S/C10H27N3Si/c1-7-11(4)10(14,12(5)8-2)13(6)9-3/h7-9H2,1-6,14H3. The van der Waals surface area contributed by atoms with E-state index in [0.29, 0.717) is 0 Å². The maximum atomic E-state index is 2.44. The van der Waals surface area contributed by atoms with Crippen molar-refractivity contribution in [3.05, 3.63) is 0 Å². The van der Waals surface area contributed by atoms with Crippen molar-refractivity contribution in [3.63, 3.8) is 0 Å². The van der Waals surface area contributed by atoms with Gasteiger partial charge in [-0.05, 0) is 40.8 Å². The molecule has 0 aliphatic rings. The van der Waals surface area contributed by atoms with Crippen LogP contribution in [0.2, 0.25) is 0 Å². The minimum atomic E-state index is 0.165. The van der Waals surface area contributed by atoms with E-state index >= 15 is 0 Å². The van der Waals surface area contributed by atoms with E-state index in [0.717, 1.165) is 29.9 Å². The molecular formula is C10H27N3Si. The molecule has 0 saturated heterocycles. The number of nitrogens with zero attached hydrogens (tertiary/aromatic N) is 3. The summed E-state index contributed by atoms with van der Waals surface area (Å²) in [5, 5.41) is 0. The summed E-state index contributed by atoms with van der Waals surface area (Å²) >= 11 is 0. The Hall–Kier alpha value is 0.0969. The van der Waals surface area contributed by atoms with Crippen molar-refractivity contribution in [3.8, 4) is 0 Å². The third-order valence-corrected chi connectivity index (χ3v) is 5.88. The second kappa shape index (κ2) is 5.85. The van der Waals surface area contributed by atoms with Crippen LogP contribution in [0.1, 0.15) is 20.8 Å². The van der Waals surface area contributed by atoms with Gasteiger partial charge >= 0.3 is 0 Å². The first kappa shape index (κ1) is 14.1. The molecule has 0 aromatic rings. The van der Waals surface area contributed by atoms with E-state index in [-0.39, 0.29) is 5.41 Å². The Labute approximate surface area is 92.5 Å². The van der Waals surface area contributed by atoms with Crippen molar-refractivity contribution in [2.45, 2.75) is 26.2 Å². The average molecular weight is 217 g/mol. The average Bonchev–Trinajstić information content (AvgIpc) is 2.24. The molecule has 0 aliphatic carbocycles. The van der Waals surface area contributed by atoms with Gasteiger partial charge in [-0.25, -0.2) is 0 Å². The summed E-state index contributed by atoms with van der Waals surface area (Å²) in [6.07, 6.45) is 0. The summed E-state index contributed by atoms with van der Waals surface area (Å²) in [6, 6.07) is 0. The third-order valence-electron chi connectivity index (χ3n) is 3.59. The summed E-state index contributed by atoms with van der Waals surface area (Å²) in [4.78, 5) is 7.31. The molecule has 0 bridgehead atoms. The molecule has 0 N–H and O–H groups in total. The van der Waals surface area contributed by atoms with Crippen LogP contribution in [0.25, 0.3) is 0 Å². The van der Waals surface area contributed by atoms with Crippen LogP contribution in [-0.4, -0.2) is 71.1 Å². The Morgan fingerprint density at radius 3 is 1.14 bits per heavy atom. The fourth-order valence-corrected chi connectivity index (χ4v) is 2.72. The van der Waals surface area contributed by atoms with E-state index in [1.54, 1.807) is 0 Å². The van der Waals surface area contributed by atoms with Gasteiger partial charge in [0.25, 0.3) is 0 Å². The Morgan fingerprint density at radius 1 is 0.786 bits per heavy atom. The molecule has 0 aliphatic heterocycles. The highest BCUT2D eigenvalue weighted by atomic mass is 28.1. The molecule has 0 aromatic heterocycles. The van der Waals surface area contributed by atoms with Gasteiger partial charge < -0.3 is 0 Å². The predicted octanol–water partition coefficient (Wildman–Crippen LogP) is -0.182.